The molecule has 0 saturated heterocycles. The topological polar surface area (TPSA) is 74.8 Å². The standard InChI is InChI=1S/C11H11Cl2N3O2S/c1-6-11(7(2)15-14-6)19(17,18)16-10-8(12)4-3-5-9(10)13/h3-5,16H,1-2H3,(H,14,15). The molecule has 19 heavy (non-hydrogen) atoms. The molecule has 8 heteroatoms. The van der Waals surface area contributed by atoms with Crippen LogP contribution in [0.2, 0.25) is 10.0 Å². The van der Waals surface area contributed by atoms with Crippen molar-refractivity contribution in [2.45, 2.75) is 18.7 Å². The van der Waals surface area contributed by atoms with Gasteiger partial charge in [0.1, 0.15) is 4.90 Å². The van der Waals surface area contributed by atoms with Gasteiger partial charge >= 0.3 is 0 Å². The summed E-state index contributed by atoms with van der Waals surface area (Å²) in [6, 6.07) is 4.75. The summed E-state index contributed by atoms with van der Waals surface area (Å²) < 4.78 is 27.0. The summed E-state index contributed by atoms with van der Waals surface area (Å²) in [6.45, 7) is 3.23. The molecule has 0 aliphatic heterocycles. The van der Waals surface area contributed by atoms with Gasteiger partial charge in [-0.3, -0.25) is 9.82 Å². The molecule has 0 atom stereocenters. The van der Waals surface area contributed by atoms with Gasteiger partial charge in [-0.2, -0.15) is 5.10 Å². The van der Waals surface area contributed by atoms with E-state index in [-0.39, 0.29) is 20.6 Å². The van der Waals surface area contributed by atoms with E-state index in [1.807, 2.05) is 0 Å². The van der Waals surface area contributed by atoms with E-state index in [1.54, 1.807) is 32.0 Å². The van der Waals surface area contributed by atoms with Crippen molar-refractivity contribution in [3.05, 3.63) is 39.6 Å². The Bertz CT molecular complexity index is 686. The fourth-order valence-electron chi connectivity index (χ4n) is 1.72. The Morgan fingerprint density at radius 2 is 1.79 bits per heavy atom. The number of aryl methyl sites for hydroxylation is 2. The molecule has 0 saturated carbocycles. The Hall–Kier alpha value is -1.24. The van der Waals surface area contributed by atoms with E-state index >= 15 is 0 Å². The van der Waals surface area contributed by atoms with Gasteiger partial charge in [0.2, 0.25) is 0 Å². The summed E-state index contributed by atoms with van der Waals surface area (Å²) in [6.07, 6.45) is 0. The van der Waals surface area contributed by atoms with Crippen molar-refractivity contribution in [3.63, 3.8) is 0 Å². The second-order valence-corrected chi connectivity index (χ2v) is 6.40. The lowest BCUT2D eigenvalue weighted by atomic mass is 10.3. The lowest BCUT2D eigenvalue weighted by Gasteiger charge is -2.11. The predicted octanol–water partition coefficient (Wildman–Crippen LogP) is 3.13. The summed E-state index contributed by atoms with van der Waals surface area (Å²) >= 11 is 11.9. The fourth-order valence-corrected chi connectivity index (χ4v) is 3.80. The van der Waals surface area contributed by atoms with Crippen molar-refractivity contribution in [1.29, 1.82) is 0 Å². The molecule has 0 aliphatic rings. The van der Waals surface area contributed by atoms with E-state index in [0.29, 0.717) is 11.4 Å². The lowest BCUT2D eigenvalue weighted by Crippen LogP contribution is -2.15. The van der Waals surface area contributed by atoms with Crippen LogP contribution in [0.25, 0.3) is 0 Å². The van der Waals surface area contributed by atoms with E-state index in [1.165, 1.54) is 0 Å². The molecule has 0 radical (unpaired) electrons. The molecule has 1 aromatic heterocycles. The zero-order valence-corrected chi connectivity index (χ0v) is 12.5. The number of sulfonamides is 1. The maximum absolute atomic E-state index is 12.3. The highest BCUT2D eigenvalue weighted by Crippen LogP contribution is 2.32. The van der Waals surface area contributed by atoms with Gasteiger partial charge in [0.05, 0.1) is 27.1 Å². The van der Waals surface area contributed by atoms with Gasteiger partial charge < -0.3 is 0 Å². The highest BCUT2D eigenvalue weighted by Gasteiger charge is 2.24. The summed E-state index contributed by atoms with van der Waals surface area (Å²) in [5, 5.41) is 6.94. The first kappa shape index (κ1) is 14.2. The van der Waals surface area contributed by atoms with Crippen LogP contribution in [0.4, 0.5) is 5.69 Å². The highest BCUT2D eigenvalue weighted by molar-refractivity contribution is 7.92. The third-order valence-electron chi connectivity index (χ3n) is 2.53. The van der Waals surface area contributed by atoms with Crippen LogP contribution in [0, 0.1) is 13.8 Å². The molecular weight excluding hydrogens is 309 g/mol. The monoisotopic (exact) mass is 319 g/mol. The molecule has 0 spiro atoms. The molecule has 1 aromatic carbocycles. The second-order valence-electron chi connectivity index (χ2n) is 3.97. The number of halogens is 2. The van der Waals surface area contributed by atoms with Crippen LogP contribution in [0.15, 0.2) is 23.1 Å². The van der Waals surface area contributed by atoms with Gasteiger partial charge in [-0.1, -0.05) is 29.3 Å². The number of aromatic nitrogens is 2. The number of nitrogens with zero attached hydrogens (tertiary/aromatic N) is 1. The predicted molar refractivity (Wildman–Crippen MR) is 75.3 cm³/mol. The average molecular weight is 320 g/mol. The van der Waals surface area contributed by atoms with E-state index in [0.717, 1.165) is 0 Å². The van der Waals surface area contributed by atoms with E-state index in [9.17, 15) is 8.42 Å². The summed E-state index contributed by atoms with van der Waals surface area (Å²) in [5.41, 5.74) is 0.993. The largest absolute Gasteiger partial charge is 0.281 e. The molecule has 2 aromatic rings. The lowest BCUT2D eigenvalue weighted by molar-refractivity contribution is 0.600. The van der Waals surface area contributed by atoms with E-state index in [2.05, 4.69) is 14.9 Å². The number of para-hydroxylation sites is 1. The number of hydrogen-bond donors (Lipinski definition) is 2. The van der Waals surface area contributed by atoms with Crippen LogP contribution in [-0.4, -0.2) is 18.6 Å². The fraction of sp³-hybridized carbons (Fsp3) is 0.182. The van der Waals surface area contributed by atoms with Gasteiger partial charge in [-0.25, -0.2) is 8.42 Å². The molecule has 0 bridgehead atoms. The quantitative estimate of drug-likeness (QED) is 0.912. The number of H-pyrrole nitrogens is 1. The van der Waals surface area contributed by atoms with Gasteiger partial charge in [-0.05, 0) is 26.0 Å². The molecule has 0 fully saturated rings. The maximum atomic E-state index is 12.3. The minimum Gasteiger partial charge on any atom is -0.281 e. The minimum absolute atomic E-state index is 0.100. The van der Waals surface area contributed by atoms with Crippen LogP contribution < -0.4 is 4.72 Å². The Morgan fingerprint density at radius 3 is 2.26 bits per heavy atom. The minimum atomic E-state index is -3.79. The van der Waals surface area contributed by atoms with Crippen molar-refractivity contribution in [2.75, 3.05) is 4.72 Å². The van der Waals surface area contributed by atoms with Gasteiger partial charge in [0.25, 0.3) is 10.0 Å². The number of rotatable bonds is 3. The Labute approximate surface area is 121 Å². The second kappa shape index (κ2) is 5.03. The van der Waals surface area contributed by atoms with Crippen LogP contribution >= 0.6 is 23.2 Å². The third-order valence-corrected chi connectivity index (χ3v) is 4.77. The molecule has 1 heterocycles. The molecule has 0 unspecified atom stereocenters. The third kappa shape index (κ3) is 2.70. The normalized spacial score (nSPS) is 11.6. The summed E-state index contributed by atoms with van der Waals surface area (Å²) in [7, 11) is -3.79. The Balaban J connectivity index is 2.49. The Morgan fingerprint density at radius 1 is 1.21 bits per heavy atom. The molecule has 2 rings (SSSR count). The summed E-state index contributed by atoms with van der Waals surface area (Å²) in [4.78, 5) is 0.100. The molecule has 5 nitrogen and oxygen atoms in total. The first-order chi connectivity index (χ1) is 8.83. The van der Waals surface area contributed by atoms with Crippen LogP contribution in [-0.2, 0) is 10.0 Å². The van der Waals surface area contributed by atoms with Gasteiger partial charge in [0, 0.05) is 0 Å². The van der Waals surface area contributed by atoms with Crippen LogP contribution in [0.3, 0.4) is 0 Å². The molecule has 0 amide bonds. The number of benzene rings is 1. The smallest absolute Gasteiger partial charge is 0.265 e. The molecular formula is C11H11Cl2N3O2S. The molecule has 0 aliphatic carbocycles. The average Bonchev–Trinajstić information content (AvgIpc) is 2.64. The summed E-state index contributed by atoms with van der Waals surface area (Å²) in [5.74, 6) is 0. The van der Waals surface area contributed by atoms with Gasteiger partial charge in [-0.15, -0.1) is 0 Å². The van der Waals surface area contributed by atoms with Crippen molar-refractivity contribution < 1.29 is 8.42 Å². The zero-order valence-electron chi connectivity index (χ0n) is 10.2. The van der Waals surface area contributed by atoms with Crippen molar-refractivity contribution in [2.24, 2.45) is 0 Å². The van der Waals surface area contributed by atoms with E-state index < -0.39 is 10.0 Å². The van der Waals surface area contributed by atoms with Gasteiger partial charge in [0.15, 0.2) is 0 Å². The van der Waals surface area contributed by atoms with Crippen LogP contribution in [0.1, 0.15) is 11.4 Å². The Kier molecular flexibility index (Phi) is 3.75. The van der Waals surface area contributed by atoms with Crippen molar-refractivity contribution >= 4 is 38.9 Å². The molecule has 102 valence electrons. The number of nitrogens with one attached hydrogen (secondary N) is 2. The first-order valence-corrected chi connectivity index (χ1v) is 7.55. The number of anilines is 1. The van der Waals surface area contributed by atoms with Crippen molar-refractivity contribution in [1.82, 2.24) is 10.2 Å². The first-order valence-electron chi connectivity index (χ1n) is 5.31. The van der Waals surface area contributed by atoms with E-state index in [4.69, 9.17) is 23.2 Å². The SMILES string of the molecule is Cc1n[nH]c(C)c1S(=O)(=O)Nc1c(Cl)cccc1Cl. The van der Waals surface area contributed by atoms with Crippen molar-refractivity contribution in [3.8, 4) is 0 Å². The number of aromatic amines is 1. The highest BCUT2D eigenvalue weighted by atomic mass is 35.5. The van der Waals surface area contributed by atoms with Crippen LogP contribution in [0.5, 0.6) is 0 Å². The number of hydrogen-bond acceptors (Lipinski definition) is 3. The maximum Gasteiger partial charge on any atom is 0.265 e. The molecule has 2 N–H and O–H groups in total. The zero-order chi connectivity index (χ0) is 14.2.